The van der Waals surface area contributed by atoms with Crippen LogP contribution >= 0.6 is 0 Å². The monoisotopic (exact) mass is 380 g/mol. The van der Waals surface area contributed by atoms with Crippen molar-refractivity contribution >= 4 is 22.7 Å². The lowest BCUT2D eigenvalue weighted by Gasteiger charge is -2.33. The fourth-order valence-corrected chi connectivity index (χ4v) is 3.55. The topological polar surface area (TPSA) is 82.0 Å². The Morgan fingerprint density at radius 2 is 1.96 bits per heavy atom. The van der Waals surface area contributed by atoms with Crippen molar-refractivity contribution in [2.45, 2.75) is 32.9 Å². The number of aromatic nitrogens is 2. The number of rotatable bonds is 2. The molecule has 0 aliphatic carbocycles. The van der Waals surface area contributed by atoms with Crippen LogP contribution in [0.2, 0.25) is 0 Å². The molecule has 1 aliphatic rings. The van der Waals surface area contributed by atoms with Crippen molar-refractivity contribution in [2.75, 3.05) is 25.1 Å². The quantitative estimate of drug-likeness (QED) is 0.807. The standard InChI is InChI=1S/C18H19F3N4O2/c1-9-10(2)23-14-13(9)24-16(18(19,20)21)12(8-22)15(14)25-6-4-11(5-7-25)17(26)27-3/h11,23H,4-7H2,1-3H3. The normalized spacial score (nSPS) is 15.8. The number of carbonyl (C=O) groups excluding carboxylic acids is 1. The Balaban J connectivity index is 2.15. The predicted octanol–water partition coefficient (Wildman–Crippen LogP) is 3.46. The number of alkyl halides is 3. The number of nitriles is 1. The summed E-state index contributed by atoms with van der Waals surface area (Å²) in [5.41, 5.74) is 0.485. The number of hydrogen-bond acceptors (Lipinski definition) is 5. The Labute approximate surface area is 153 Å². The predicted molar refractivity (Wildman–Crippen MR) is 92.2 cm³/mol. The Morgan fingerprint density at radius 1 is 1.33 bits per heavy atom. The minimum atomic E-state index is -4.74. The summed E-state index contributed by atoms with van der Waals surface area (Å²) < 4.78 is 45.4. The molecule has 3 heterocycles. The molecule has 1 fully saturated rings. The molecule has 0 spiro atoms. The number of carbonyl (C=O) groups is 1. The van der Waals surface area contributed by atoms with Gasteiger partial charge in [-0.15, -0.1) is 0 Å². The van der Waals surface area contributed by atoms with Gasteiger partial charge in [0.2, 0.25) is 0 Å². The van der Waals surface area contributed by atoms with Crippen LogP contribution in [-0.4, -0.2) is 36.1 Å². The molecule has 27 heavy (non-hydrogen) atoms. The first-order chi connectivity index (χ1) is 12.7. The molecule has 3 rings (SSSR count). The molecule has 9 heteroatoms. The number of anilines is 1. The molecule has 0 amide bonds. The molecular weight excluding hydrogens is 361 g/mol. The van der Waals surface area contributed by atoms with Crippen molar-refractivity contribution < 1.29 is 22.7 Å². The van der Waals surface area contributed by atoms with Crippen molar-refractivity contribution in [1.29, 1.82) is 5.26 Å². The van der Waals surface area contributed by atoms with Crippen LogP contribution in [0.25, 0.3) is 11.0 Å². The van der Waals surface area contributed by atoms with Gasteiger partial charge in [0.1, 0.15) is 11.6 Å². The number of esters is 1. The summed E-state index contributed by atoms with van der Waals surface area (Å²) in [5.74, 6) is -0.610. The van der Waals surface area contributed by atoms with E-state index >= 15 is 0 Å². The fourth-order valence-electron chi connectivity index (χ4n) is 3.55. The van der Waals surface area contributed by atoms with E-state index in [2.05, 4.69) is 9.97 Å². The van der Waals surface area contributed by atoms with E-state index in [1.54, 1.807) is 24.8 Å². The highest BCUT2D eigenvalue weighted by atomic mass is 19.4. The molecule has 0 unspecified atom stereocenters. The molecular formula is C18H19F3N4O2. The number of ether oxygens (including phenoxy) is 1. The number of hydrogen-bond donors (Lipinski definition) is 1. The van der Waals surface area contributed by atoms with Crippen molar-refractivity contribution in [1.82, 2.24) is 9.97 Å². The summed E-state index contributed by atoms with van der Waals surface area (Å²) in [6.45, 7) is 4.15. The van der Waals surface area contributed by atoms with Gasteiger partial charge in [-0.2, -0.15) is 18.4 Å². The van der Waals surface area contributed by atoms with E-state index < -0.39 is 17.4 Å². The molecule has 0 radical (unpaired) electrons. The molecule has 0 saturated carbocycles. The lowest BCUT2D eigenvalue weighted by atomic mass is 9.95. The van der Waals surface area contributed by atoms with E-state index in [0.29, 0.717) is 42.7 Å². The van der Waals surface area contributed by atoms with Gasteiger partial charge < -0.3 is 14.6 Å². The van der Waals surface area contributed by atoms with Crippen molar-refractivity contribution in [3.63, 3.8) is 0 Å². The second-order valence-electron chi connectivity index (χ2n) is 6.68. The summed E-state index contributed by atoms with van der Waals surface area (Å²) in [5, 5.41) is 9.50. The van der Waals surface area contributed by atoms with Gasteiger partial charge in [-0.3, -0.25) is 4.79 Å². The van der Waals surface area contributed by atoms with E-state index in [9.17, 15) is 23.2 Å². The van der Waals surface area contributed by atoms with Gasteiger partial charge in [-0.1, -0.05) is 0 Å². The smallest absolute Gasteiger partial charge is 0.434 e. The van der Waals surface area contributed by atoms with Crippen LogP contribution in [0.3, 0.4) is 0 Å². The molecule has 0 bridgehead atoms. The van der Waals surface area contributed by atoms with E-state index in [1.165, 1.54) is 7.11 Å². The number of H-pyrrole nitrogens is 1. The van der Waals surface area contributed by atoms with E-state index in [0.717, 1.165) is 0 Å². The van der Waals surface area contributed by atoms with Crippen LogP contribution in [0.15, 0.2) is 0 Å². The summed E-state index contributed by atoms with van der Waals surface area (Å²) in [6, 6.07) is 1.70. The maximum atomic E-state index is 13.6. The van der Waals surface area contributed by atoms with Crippen molar-refractivity contribution in [3.05, 3.63) is 22.5 Å². The number of fused-ring (bicyclic) bond motifs is 1. The number of pyridine rings is 1. The summed E-state index contributed by atoms with van der Waals surface area (Å²) in [7, 11) is 1.31. The van der Waals surface area contributed by atoms with Gasteiger partial charge in [0.05, 0.1) is 29.7 Å². The lowest BCUT2D eigenvalue weighted by Crippen LogP contribution is -2.37. The molecule has 0 aromatic carbocycles. The van der Waals surface area contributed by atoms with Crippen LogP contribution in [0, 0.1) is 31.1 Å². The first-order valence-corrected chi connectivity index (χ1v) is 8.52. The summed E-state index contributed by atoms with van der Waals surface area (Å²) >= 11 is 0. The van der Waals surface area contributed by atoms with E-state index in [-0.39, 0.29) is 23.1 Å². The van der Waals surface area contributed by atoms with Crippen LogP contribution in [0.1, 0.15) is 35.4 Å². The number of aromatic amines is 1. The second-order valence-corrected chi connectivity index (χ2v) is 6.68. The third-order valence-electron chi connectivity index (χ3n) is 5.13. The SMILES string of the molecule is COC(=O)C1CCN(c2c(C#N)c(C(F)(F)F)nc3c(C)c(C)[nH]c23)CC1. The van der Waals surface area contributed by atoms with Gasteiger partial charge in [0.25, 0.3) is 0 Å². The fraction of sp³-hybridized carbons (Fsp3) is 0.500. The van der Waals surface area contributed by atoms with Gasteiger partial charge >= 0.3 is 12.1 Å². The molecule has 2 aromatic rings. The second kappa shape index (κ2) is 6.76. The maximum absolute atomic E-state index is 13.6. The van der Waals surface area contributed by atoms with Crippen LogP contribution in [-0.2, 0) is 15.7 Å². The van der Waals surface area contributed by atoms with Gasteiger partial charge in [0, 0.05) is 18.8 Å². The minimum absolute atomic E-state index is 0.203. The zero-order chi connectivity index (χ0) is 19.9. The average Bonchev–Trinajstić information content (AvgIpc) is 2.93. The number of aryl methyl sites for hydroxylation is 2. The Bertz CT molecular complexity index is 935. The number of halogens is 3. The van der Waals surface area contributed by atoms with E-state index in [1.807, 2.05) is 0 Å². The first-order valence-electron chi connectivity index (χ1n) is 8.52. The Kier molecular flexibility index (Phi) is 4.76. The van der Waals surface area contributed by atoms with Crippen LogP contribution in [0.5, 0.6) is 0 Å². The molecule has 0 atom stereocenters. The van der Waals surface area contributed by atoms with Gasteiger partial charge in [-0.05, 0) is 32.3 Å². The summed E-state index contributed by atoms with van der Waals surface area (Å²) in [4.78, 5) is 20.3. The highest BCUT2D eigenvalue weighted by molar-refractivity contribution is 5.95. The van der Waals surface area contributed by atoms with Crippen LogP contribution < -0.4 is 4.90 Å². The number of nitrogens with zero attached hydrogens (tertiary/aromatic N) is 3. The molecule has 1 aliphatic heterocycles. The highest BCUT2D eigenvalue weighted by Gasteiger charge is 2.40. The largest absolute Gasteiger partial charge is 0.469 e. The highest BCUT2D eigenvalue weighted by Crippen LogP contribution is 2.41. The average molecular weight is 380 g/mol. The zero-order valence-electron chi connectivity index (χ0n) is 15.2. The lowest BCUT2D eigenvalue weighted by molar-refractivity contribution is -0.146. The zero-order valence-corrected chi connectivity index (χ0v) is 15.2. The van der Waals surface area contributed by atoms with Crippen LogP contribution in [0.4, 0.5) is 18.9 Å². The van der Waals surface area contributed by atoms with Crippen molar-refractivity contribution in [3.8, 4) is 6.07 Å². The van der Waals surface area contributed by atoms with E-state index in [4.69, 9.17) is 4.74 Å². The molecule has 6 nitrogen and oxygen atoms in total. The van der Waals surface area contributed by atoms with Gasteiger partial charge in [-0.25, -0.2) is 4.98 Å². The molecule has 1 saturated heterocycles. The first kappa shape index (κ1) is 19.0. The summed E-state index contributed by atoms with van der Waals surface area (Å²) in [6.07, 6.45) is -3.85. The molecule has 1 N–H and O–H groups in total. The minimum Gasteiger partial charge on any atom is -0.469 e. The Morgan fingerprint density at radius 3 is 2.48 bits per heavy atom. The number of nitrogens with one attached hydrogen (secondary N) is 1. The molecule has 144 valence electrons. The number of methoxy groups -OCH3 is 1. The van der Waals surface area contributed by atoms with Gasteiger partial charge in [0.15, 0.2) is 5.69 Å². The Hall–Kier alpha value is -2.76. The maximum Gasteiger partial charge on any atom is 0.434 e. The third-order valence-corrected chi connectivity index (χ3v) is 5.13. The molecule has 2 aromatic heterocycles. The van der Waals surface area contributed by atoms with Crippen molar-refractivity contribution in [2.24, 2.45) is 5.92 Å². The third kappa shape index (κ3) is 3.20. The number of piperidine rings is 1.